The van der Waals surface area contributed by atoms with Crippen molar-refractivity contribution < 1.29 is 8.78 Å². The number of benzene rings is 4. The second kappa shape index (κ2) is 8.99. The minimum Gasteiger partial charge on any atom is -0.207 e. The zero-order valence-corrected chi connectivity index (χ0v) is 17.3. The first-order chi connectivity index (χ1) is 14.5. The highest BCUT2D eigenvalue weighted by Crippen LogP contribution is 2.44. The van der Waals surface area contributed by atoms with Crippen molar-refractivity contribution in [2.45, 2.75) is 5.92 Å². The van der Waals surface area contributed by atoms with Crippen LogP contribution in [0.5, 0.6) is 0 Å². The lowest BCUT2D eigenvalue weighted by atomic mass is 9.73. The molecule has 1 radical (unpaired) electrons. The van der Waals surface area contributed by atoms with Crippen LogP contribution in [0.2, 0.25) is 10.0 Å². The molecule has 4 aromatic rings. The Labute approximate surface area is 184 Å². The average Bonchev–Trinajstić information content (AvgIpc) is 2.73. The lowest BCUT2D eigenvalue weighted by Crippen LogP contribution is -2.16. The van der Waals surface area contributed by atoms with E-state index in [2.05, 4.69) is 0 Å². The van der Waals surface area contributed by atoms with Gasteiger partial charge in [-0.2, -0.15) is 0 Å². The normalized spacial score (nSPS) is 11.3. The molecule has 0 aliphatic rings. The van der Waals surface area contributed by atoms with Gasteiger partial charge in [-0.05, 0) is 46.5 Å². The molecule has 4 heteroatoms. The number of rotatable bonds is 5. The fourth-order valence-electron chi connectivity index (χ4n) is 3.71. The summed E-state index contributed by atoms with van der Waals surface area (Å²) in [6.07, 6.45) is 0. The molecule has 0 amide bonds. The van der Waals surface area contributed by atoms with Crippen molar-refractivity contribution in [3.8, 4) is 0 Å². The third-order valence-electron chi connectivity index (χ3n) is 4.95. The van der Waals surface area contributed by atoms with Crippen LogP contribution in [0.3, 0.4) is 0 Å². The fourth-order valence-corrected chi connectivity index (χ4v) is 4.22. The Morgan fingerprint density at radius 2 is 1.17 bits per heavy atom. The van der Waals surface area contributed by atoms with Gasteiger partial charge in [-0.25, -0.2) is 8.78 Å². The summed E-state index contributed by atoms with van der Waals surface area (Å²) in [6.45, 7) is 0. The molecule has 0 saturated carbocycles. The minimum absolute atomic E-state index is 0.299. The Morgan fingerprint density at radius 1 is 0.633 bits per heavy atom. The van der Waals surface area contributed by atoms with Gasteiger partial charge in [-0.1, -0.05) is 89.9 Å². The molecular formula is C26H17Cl2F2. The molecule has 149 valence electrons. The molecule has 0 atom stereocenters. The zero-order chi connectivity index (χ0) is 21.1. The summed E-state index contributed by atoms with van der Waals surface area (Å²) < 4.78 is 28.5. The summed E-state index contributed by atoms with van der Waals surface area (Å²) in [6, 6.07) is 28.3. The van der Waals surface area contributed by atoms with Crippen molar-refractivity contribution in [2.75, 3.05) is 0 Å². The Bertz CT molecular complexity index is 1080. The summed E-state index contributed by atoms with van der Waals surface area (Å²) in [7, 11) is 0. The van der Waals surface area contributed by atoms with E-state index >= 15 is 0 Å². The SMILES string of the molecule is Fc1cc(F)cc([C](c2ccc(Cl)cc2Cl)C(c2ccccc2)c2ccccc2)c1. The van der Waals surface area contributed by atoms with E-state index < -0.39 is 11.6 Å². The van der Waals surface area contributed by atoms with Crippen molar-refractivity contribution in [2.24, 2.45) is 0 Å². The van der Waals surface area contributed by atoms with Crippen molar-refractivity contribution in [1.29, 1.82) is 0 Å². The van der Waals surface area contributed by atoms with Gasteiger partial charge in [0.2, 0.25) is 0 Å². The first-order valence-corrected chi connectivity index (χ1v) is 10.2. The van der Waals surface area contributed by atoms with Crippen LogP contribution in [-0.4, -0.2) is 0 Å². The molecule has 0 heterocycles. The summed E-state index contributed by atoms with van der Waals surface area (Å²) in [5, 5.41) is 0.906. The van der Waals surface area contributed by atoms with Gasteiger partial charge < -0.3 is 0 Å². The van der Waals surface area contributed by atoms with E-state index in [-0.39, 0.29) is 5.92 Å². The first-order valence-electron chi connectivity index (χ1n) is 9.41. The Morgan fingerprint density at radius 3 is 1.67 bits per heavy atom. The molecule has 4 aromatic carbocycles. The highest BCUT2D eigenvalue weighted by atomic mass is 35.5. The quantitative estimate of drug-likeness (QED) is 0.296. The third kappa shape index (κ3) is 4.40. The van der Waals surface area contributed by atoms with Gasteiger partial charge in [0.1, 0.15) is 11.6 Å². The molecule has 0 nitrogen and oxygen atoms in total. The second-order valence-corrected chi connectivity index (χ2v) is 7.79. The molecule has 0 aromatic heterocycles. The van der Waals surface area contributed by atoms with Gasteiger partial charge in [0.25, 0.3) is 0 Å². The highest BCUT2D eigenvalue weighted by Gasteiger charge is 2.31. The topological polar surface area (TPSA) is 0 Å². The van der Waals surface area contributed by atoms with Crippen LogP contribution in [0.15, 0.2) is 97.1 Å². The van der Waals surface area contributed by atoms with Crippen LogP contribution in [0.4, 0.5) is 8.78 Å². The predicted molar refractivity (Wildman–Crippen MR) is 119 cm³/mol. The average molecular weight is 438 g/mol. The monoisotopic (exact) mass is 437 g/mol. The maximum Gasteiger partial charge on any atom is 0.126 e. The Balaban J connectivity index is 2.01. The molecular weight excluding hydrogens is 421 g/mol. The fraction of sp³-hybridized carbons (Fsp3) is 0.0385. The van der Waals surface area contributed by atoms with Crippen molar-refractivity contribution in [3.63, 3.8) is 0 Å². The second-order valence-electron chi connectivity index (χ2n) is 6.95. The first kappa shape index (κ1) is 20.6. The van der Waals surface area contributed by atoms with Crippen LogP contribution in [0, 0.1) is 17.6 Å². The van der Waals surface area contributed by atoms with E-state index in [1.807, 2.05) is 60.7 Å². The van der Waals surface area contributed by atoms with Crippen LogP contribution >= 0.6 is 23.2 Å². The maximum absolute atomic E-state index is 14.2. The van der Waals surface area contributed by atoms with E-state index in [0.29, 0.717) is 27.1 Å². The van der Waals surface area contributed by atoms with Crippen molar-refractivity contribution in [1.82, 2.24) is 0 Å². The van der Waals surface area contributed by atoms with E-state index in [0.717, 1.165) is 17.2 Å². The minimum atomic E-state index is -0.646. The van der Waals surface area contributed by atoms with E-state index in [9.17, 15) is 8.78 Å². The van der Waals surface area contributed by atoms with Crippen LogP contribution in [-0.2, 0) is 0 Å². The summed E-state index contributed by atoms with van der Waals surface area (Å²) >= 11 is 12.7. The molecule has 0 aliphatic carbocycles. The van der Waals surface area contributed by atoms with Gasteiger partial charge in [0, 0.05) is 27.9 Å². The molecule has 0 N–H and O–H groups in total. The number of halogens is 4. The maximum atomic E-state index is 14.2. The highest BCUT2D eigenvalue weighted by molar-refractivity contribution is 6.35. The van der Waals surface area contributed by atoms with E-state index in [4.69, 9.17) is 23.2 Å². The number of hydrogen-bond donors (Lipinski definition) is 0. The molecule has 30 heavy (non-hydrogen) atoms. The summed E-state index contributed by atoms with van der Waals surface area (Å²) in [5.41, 5.74) is 3.06. The van der Waals surface area contributed by atoms with E-state index in [1.54, 1.807) is 18.2 Å². The molecule has 0 unspecified atom stereocenters. The lowest BCUT2D eigenvalue weighted by Gasteiger charge is -2.29. The Kier molecular flexibility index (Phi) is 6.17. The summed E-state index contributed by atoms with van der Waals surface area (Å²) in [4.78, 5) is 0. The molecule has 0 spiro atoms. The molecule has 0 aliphatic heterocycles. The predicted octanol–water partition coefficient (Wildman–Crippen LogP) is 8.07. The molecule has 0 saturated heterocycles. The van der Waals surface area contributed by atoms with Gasteiger partial charge in [0.05, 0.1) is 0 Å². The van der Waals surface area contributed by atoms with Crippen LogP contribution in [0.25, 0.3) is 0 Å². The van der Waals surface area contributed by atoms with Gasteiger partial charge in [-0.3, -0.25) is 0 Å². The smallest absolute Gasteiger partial charge is 0.126 e. The van der Waals surface area contributed by atoms with Crippen molar-refractivity contribution in [3.05, 3.63) is 147 Å². The molecule has 0 fully saturated rings. The summed E-state index contributed by atoms with van der Waals surface area (Å²) in [5.74, 6) is -0.889. The lowest BCUT2D eigenvalue weighted by molar-refractivity contribution is 0.580. The molecule has 0 bridgehead atoms. The Hall–Kier alpha value is -2.68. The van der Waals surface area contributed by atoms with Crippen molar-refractivity contribution >= 4 is 23.2 Å². The van der Waals surface area contributed by atoms with E-state index in [1.165, 1.54) is 12.1 Å². The van der Waals surface area contributed by atoms with Gasteiger partial charge >= 0.3 is 0 Å². The number of hydrogen-bond acceptors (Lipinski definition) is 0. The molecule has 4 rings (SSSR count). The van der Waals surface area contributed by atoms with Gasteiger partial charge in [-0.15, -0.1) is 0 Å². The largest absolute Gasteiger partial charge is 0.207 e. The standard InChI is InChI=1S/C26H17Cl2F2/c27-20-11-12-23(24(28)15-20)26(19-13-21(29)16-22(30)14-19)25(17-7-3-1-4-8-17)18-9-5-2-6-10-18/h1-16,25H. The van der Waals surface area contributed by atoms with Crippen LogP contribution < -0.4 is 0 Å². The zero-order valence-electron chi connectivity index (χ0n) is 15.8. The van der Waals surface area contributed by atoms with Crippen LogP contribution in [0.1, 0.15) is 28.2 Å². The van der Waals surface area contributed by atoms with Gasteiger partial charge in [0.15, 0.2) is 0 Å². The third-order valence-corrected chi connectivity index (χ3v) is 5.50.